The molecule has 0 unspecified atom stereocenters. The summed E-state index contributed by atoms with van der Waals surface area (Å²) >= 11 is 6.42. The lowest BCUT2D eigenvalue weighted by Crippen LogP contribution is -2.40. The number of para-hydroxylation sites is 2. The Kier molecular flexibility index (Phi) is 9.82. The summed E-state index contributed by atoms with van der Waals surface area (Å²) in [6.45, 7) is 2.80. The Bertz CT molecular complexity index is 1710. The van der Waals surface area contributed by atoms with Gasteiger partial charge in [-0.15, -0.1) is 0 Å². The topological polar surface area (TPSA) is 112 Å². The molecular formula is C33H32ClNO8S. The summed E-state index contributed by atoms with van der Waals surface area (Å²) in [4.78, 5) is 11.2. The van der Waals surface area contributed by atoms with Gasteiger partial charge in [0.25, 0.3) is 10.0 Å². The Morgan fingerprint density at radius 3 is 2.34 bits per heavy atom. The summed E-state index contributed by atoms with van der Waals surface area (Å²) in [6, 6.07) is 26.3. The third kappa shape index (κ3) is 7.20. The largest absolute Gasteiger partial charge is 0.507 e. The summed E-state index contributed by atoms with van der Waals surface area (Å²) in [5, 5.41) is 9.28. The van der Waals surface area contributed by atoms with Gasteiger partial charge in [-0.1, -0.05) is 61.3 Å². The van der Waals surface area contributed by atoms with Gasteiger partial charge in [-0.25, -0.2) is 17.5 Å². The van der Waals surface area contributed by atoms with Crippen molar-refractivity contribution in [3.05, 3.63) is 107 Å². The highest BCUT2D eigenvalue weighted by Crippen LogP contribution is 2.38. The first-order chi connectivity index (χ1) is 21.3. The molecule has 230 valence electrons. The van der Waals surface area contributed by atoms with Crippen LogP contribution >= 0.6 is 11.6 Å². The van der Waals surface area contributed by atoms with Gasteiger partial charge in [0.1, 0.15) is 23.0 Å². The monoisotopic (exact) mass is 637 g/mol. The maximum Gasteiger partial charge on any atom is 0.507 e. The molecule has 0 spiro atoms. The zero-order chi connectivity index (χ0) is 31.1. The van der Waals surface area contributed by atoms with Crippen LogP contribution in [0.1, 0.15) is 30.9 Å². The van der Waals surface area contributed by atoms with E-state index in [0.29, 0.717) is 30.0 Å². The number of aryl methyl sites for hydroxylation is 1. The molecule has 1 heterocycles. The van der Waals surface area contributed by atoms with Crippen molar-refractivity contribution in [2.75, 3.05) is 17.5 Å². The lowest BCUT2D eigenvalue weighted by molar-refractivity contribution is 0.0596. The molecule has 0 bridgehead atoms. The number of carbonyl (C=O) groups is 1. The fourth-order valence-corrected chi connectivity index (χ4v) is 6.86. The van der Waals surface area contributed by atoms with Crippen LogP contribution in [0.4, 0.5) is 10.5 Å². The molecule has 1 aliphatic heterocycles. The fraction of sp³-hybridized carbons (Fsp3) is 0.242. The first-order valence-corrected chi connectivity index (χ1v) is 16.0. The number of hydrogen-bond donors (Lipinski definition) is 1. The number of rotatable bonds is 13. The summed E-state index contributed by atoms with van der Waals surface area (Å²) in [6.07, 6.45) is -0.336. The highest BCUT2D eigenvalue weighted by atomic mass is 35.5. The second-order valence-electron chi connectivity index (χ2n) is 10.0. The Morgan fingerprint density at radius 2 is 1.61 bits per heavy atom. The van der Waals surface area contributed by atoms with Gasteiger partial charge in [0.05, 0.1) is 28.8 Å². The van der Waals surface area contributed by atoms with Crippen molar-refractivity contribution in [3.63, 3.8) is 0 Å². The molecule has 0 saturated carbocycles. The van der Waals surface area contributed by atoms with E-state index in [1.807, 2.05) is 48.5 Å². The molecular weight excluding hydrogens is 606 g/mol. The van der Waals surface area contributed by atoms with Gasteiger partial charge in [-0.2, -0.15) is 0 Å². The number of nitrogens with zero attached hydrogens (tertiary/aromatic N) is 1. The van der Waals surface area contributed by atoms with E-state index in [9.17, 15) is 18.3 Å². The Hall–Kier alpha value is -4.41. The van der Waals surface area contributed by atoms with Gasteiger partial charge in [0.2, 0.25) is 0 Å². The smallest absolute Gasteiger partial charge is 0.493 e. The van der Waals surface area contributed by atoms with Crippen LogP contribution < -0.4 is 18.5 Å². The molecule has 4 aromatic carbocycles. The first-order valence-electron chi connectivity index (χ1n) is 14.2. The summed E-state index contributed by atoms with van der Waals surface area (Å²) in [7, 11) is -4.20. The second-order valence-corrected chi connectivity index (χ2v) is 12.3. The number of fused-ring (bicyclic) bond motifs is 1. The predicted octanol–water partition coefficient (Wildman–Crippen LogP) is 7.70. The van der Waals surface area contributed by atoms with Crippen LogP contribution in [0.15, 0.2) is 95.9 Å². The minimum Gasteiger partial charge on any atom is -0.493 e. The molecule has 0 aliphatic carbocycles. The molecule has 9 nitrogen and oxygen atoms in total. The van der Waals surface area contributed by atoms with Crippen molar-refractivity contribution < 1.29 is 37.3 Å². The number of sulfonamides is 1. The standard InChI is InChI=1S/C33H32ClNO8S/c1-2-9-24-20-26(42-25-11-4-3-5-12-25)14-16-30(24)40-18-8-19-41-31-17-15-27(22-28(31)34)44(38,39)35-29-13-7-6-10-23(29)21-32(35)43-33(36)37/h3-7,10-17,20,22,32H,2,8-9,18-19,21H2,1H3,(H,36,37)/t32-/m1/s1. The normalized spacial score (nSPS) is 14.1. The average Bonchev–Trinajstić information content (AvgIpc) is 3.37. The van der Waals surface area contributed by atoms with Gasteiger partial charge in [0, 0.05) is 12.8 Å². The molecule has 1 N–H and O–H groups in total. The molecule has 1 atom stereocenters. The van der Waals surface area contributed by atoms with E-state index in [1.165, 1.54) is 18.2 Å². The van der Waals surface area contributed by atoms with Gasteiger partial charge in [0.15, 0.2) is 6.23 Å². The lowest BCUT2D eigenvalue weighted by atomic mass is 10.1. The van der Waals surface area contributed by atoms with Crippen LogP contribution in [0.3, 0.4) is 0 Å². The van der Waals surface area contributed by atoms with Crippen molar-refractivity contribution in [3.8, 4) is 23.0 Å². The van der Waals surface area contributed by atoms with E-state index in [-0.39, 0.29) is 22.9 Å². The molecule has 0 radical (unpaired) electrons. The average molecular weight is 638 g/mol. The SMILES string of the molecule is CCCc1cc(Oc2ccccc2)ccc1OCCCOc1ccc(S(=O)(=O)N2c3ccccc3C[C@H]2OC(=O)O)cc1Cl. The van der Waals surface area contributed by atoms with Crippen LogP contribution in [0.5, 0.6) is 23.0 Å². The molecule has 1 aliphatic rings. The zero-order valence-corrected chi connectivity index (χ0v) is 25.6. The van der Waals surface area contributed by atoms with Crippen LogP contribution in [0.25, 0.3) is 0 Å². The minimum absolute atomic E-state index is 0.101. The second kappa shape index (κ2) is 13.9. The minimum atomic E-state index is -4.20. The third-order valence-corrected chi connectivity index (χ3v) is 9.01. The van der Waals surface area contributed by atoms with Gasteiger partial charge < -0.3 is 24.1 Å². The lowest BCUT2D eigenvalue weighted by Gasteiger charge is -2.25. The Balaban J connectivity index is 1.19. The van der Waals surface area contributed by atoms with Crippen molar-refractivity contribution in [1.29, 1.82) is 0 Å². The van der Waals surface area contributed by atoms with E-state index in [2.05, 4.69) is 6.92 Å². The summed E-state index contributed by atoms with van der Waals surface area (Å²) in [5.41, 5.74) is 2.07. The van der Waals surface area contributed by atoms with Crippen LogP contribution in [-0.2, 0) is 27.6 Å². The molecule has 5 rings (SSSR count). The quantitative estimate of drug-likeness (QED) is 0.117. The van der Waals surface area contributed by atoms with Crippen LogP contribution in [0, 0.1) is 0 Å². The zero-order valence-electron chi connectivity index (χ0n) is 24.0. The van der Waals surface area contributed by atoms with E-state index in [1.54, 1.807) is 24.3 Å². The van der Waals surface area contributed by atoms with Gasteiger partial charge in [-0.3, -0.25) is 0 Å². The van der Waals surface area contributed by atoms with Crippen LogP contribution in [0.2, 0.25) is 5.02 Å². The number of halogens is 1. The molecule has 0 saturated heterocycles. The molecule has 0 amide bonds. The molecule has 4 aromatic rings. The maximum absolute atomic E-state index is 13.6. The van der Waals surface area contributed by atoms with E-state index < -0.39 is 22.4 Å². The first kappa shape index (κ1) is 31.0. The Morgan fingerprint density at radius 1 is 0.909 bits per heavy atom. The number of benzene rings is 4. The Labute approximate surface area is 261 Å². The number of hydrogen-bond acceptors (Lipinski definition) is 7. The van der Waals surface area contributed by atoms with Crippen molar-refractivity contribution in [1.82, 2.24) is 0 Å². The fourth-order valence-electron chi connectivity index (χ4n) is 4.96. The van der Waals surface area contributed by atoms with Gasteiger partial charge >= 0.3 is 6.16 Å². The highest BCUT2D eigenvalue weighted by molar-refractivity contribution is 7.92. The number of ether oxygens (including phenoxy) is 4. The summed E-state index contributed by atoms with van der Waals surface area (Å²) < 4.78 is 50.9. The summed E-state index contributed by atoms with van der Waals surface area (Å²) in [5.74, 6) is 2.62. The van der Waals surface area contributed by atoms with Crippen molar-refractivity contribution >= 4 is 33.5 Å². The highest BCUT2D eigenvalue weighted by Gasteiger charge is 2.41. The van der Waals surface area contributed by atoms with Gasteiger partial charge in [-0.05, 0) is 72.1 Å². The number of carboxylic acid groups (broad SMARTS) is 1. The molecule has 44 heavy (non-hydrogen) atoms. The van der Waals surface area contributed by atoms with Crippen molar-refractivity contribution in [2.45, 2.75) is 43.7 Å². The number of anilines is 1. The van der Waals surface area contributed by atoms with Crippen molar-refractivity contribution in [2.24, 2.45) is 0 Å². The van der Waals surface area contributed by atoms with E-state index in [4.69, 9.17) is 30.5 Å². The molecule has 0 aromatic heterocycles. The van der Waals surface area contributed by atoms with E-state index in [0.717, 1.165) is 40.0 Å². The molecule has 0 fully saturated rings. The van der Waals surface area contributed by atoms with E-state index >= 15 is 0 Å². The maximum atomic E-state index is 13.6. The third-order valence-electron chi connectivity index (χ3n) is 6.92. The van der Waals surface area contributed by atoms with Crippen LogP contribution in [-0.4, -0.2) is 39.1 Å². The predicted molar refractivity (Wildman–Crippen MR) is 167 cm³/mol. The molecule has 11 heteroatoms.